The first-order chi connectivity index (χ1) is 21.1. The van der Waals surface area contributed by atoms with Crippen molar-refractivity contribution in [1.29, 1.82) is 0 Å². The molecular formula is C34H53N5O7. The highest BCUT2D eigenvalue weighted by Gasteiger charge is 2.48. The second-order valence-corrected chi connectivity index (χ2v) is 15.3. The highest BCUT2D eigenvalue weighted by Crippen LogP contribution is 2.36. The third-order valence-electron chi connectivity index (χ3n) is 7.39. The number of benzene rings is 1. The van der Waals surface area contributed by atoms with Crippen LogP contribution in [0.25, 0.3) is 0 Å². The lowest BCUT2D eigenvalue weighted by Crippen LogP contribution is -2.59. The Kier molecular flexibility index (Phi) is 12.9. The fourth-order valence-electron chi connectivity index (χ4n) is 5.21. The predicted molar refractivity (Wildman–Crippen MR) is 174 cm³/mol. The fraction of sp³-hybridized carbons (Fsp3) is 0.647. The Morgan fingerprint density at radius 3 is 2.09 bits per heavy atom. The number of carbonyl (C=O) groups excluding carboxylic acids is 6. The molecule has 1 aromatic carbocycles. The molecule has 0 aliphatic carbocycles. The Balaban J connectivity index is 2.16. The number of ketones is 1. The van der Waals surface area contributed by atoms with Crippen molar-refractivity contribution in [1.82, 2.24) is 26.2 Å². The number of hydrogen-bond donors (Lipinski definition) is 4. The first-order valence-corrected chi connectivity index (χ1v) is 15.8. The molecule has 1 unspecified atom stereocenters. The van der Waals surface area contributed by atoms with Crippen LogP contribution in [-0.4, -0.2) is 77.2 Å². The zero-order chi connectivity index (χ0) is 35.0. The summed E-state index contributed by atoms with van der Waals surface area (Å²) in [6.45, 7) is 18.3. The van der Waals surface area contributed by atoms with Gasteiger partial charge in [0.25, 0.3) is 5.91 Å². The molecule has 0 saturated carbocycles. The Morgan fingerprint density at radius 1 is 0.935 bits per heavy atom. The van der Waals surface area contributed by atoms with Gasteiger partial charge in [0.2, 0.25) is 23.5 Å². The van der Waals surface area contributed by atoms with E-state index < -0.39 is 76.6 Å². The summed E-state index contributed by atoms with van der Waals surface area (Å²) in [5.74, 6) is -3.42. The van der Waals surface area contributed by atoms with Crippen molar-refractivity contribution < 1.29 is 33.5 Å². The van der Waals surface area contributed by atoms with Crippen LogP contribution in [0.4, 0.5) is 4.79 Å². The first kappa shape index (κ1) is 38.2. The lowest BCUT2D eigenvalue weighted by molar-refractivity contribution is -0.144. The lowest BCUT2D eigenvalue weighted by Gasteiger charge is -2.36. The van der Waals surface area contributed by atoms with Gasteiger partial charge in [-0.1, -0.05) is 78.8 Å². The SMILES string of the molecule is CC(C)CC(NC(=O)[C@@H]1CC(C)(C)CN1C(=O)[C@H](NC(=O)OC(C)(C)C)C(C)(C)C)C(=O)C(=O)NCC(=O)NCc1ccccc1. The number of rotatable bonds is 12. The number of carbonyl (C=O) groups is 6. The monoisotopic (exact) mass is 643 g/mol. The van der Waals surface area contributed by atoms with Gasteiger partial charge in [-0.2, -0.15) is 0 Å². The van der Waals surface area contributed by atoms with E-state index in [1.54, 1.807) is 41.5 Å². The van der Waals surface area contributed by atoms with Gasteiger partial charge in [-0.05, 0) is 55.9 Å². The summed E-state index contributed by atoms with van der Waals surface area (Å²) in [6, 6.07) is 6.14. The third kappa shape index (κ3) is 12.1. The summed E-state index contributed by atoms with van der Waals surface area (Å²) in [6.07, 6.45) is -0.264. The van der Waals surface area contributed by atoms with E-state index >= 15 is 0 Å². The number of amides is 5. The molecule has 0 bridgehead atoms. The summed E-state index contributed by atoms with van der Waals surface area (Å²) in [4.78, 5) is 80.2. The number of Topliss-reactive ketones (excluding diaryl/α,β-unsaturated/α-hetero) is 1. The van der Waals surface area contributed by atoms with E-state index in [1.165, 1.54) is 4.90 Å². The number of hydrogen-bond acceptors (Lipinski definition) is 7. The Hall–Kier alpha value is -3.96. The molecule has 1 heterocycles. The lowest BCUT2D eigenvalue weighted by atomic mass is 9.85. The van der Waals surface area contributed by atoms with Crippen molar-refractivity contribution >= 4 is 35.5 Å². The van der Waals surface area contributed by atoms with Crippen molar-refractivity contribution in [3.8, 4) is 0 Å². The van der Waals surface area contributed by atoms with Crippen LogP contribution >= 0.6 is 0 Å². The number of alkyl carbamates (subject to hydrolysis) is 1. The molecule has 2 rings (SSSR count). The minimum atomic E-state index is -1.17. The summed E-state index contributed by atoms with van der Waals surface area (Å²) in [7, 11) is 0. The van der Waals surface area contributed by atoms with E-state index in [2.05, 4.69) is 21.3 Å². The predicted octanol–water partition coefficient (Wildman–Crippen LogP) is 3.09. The van der Waals surface area contributed by atoms with Gasteiger partial charge in [0.05, 0.1) is 12.6 Å². The van der Waals surface area contributed by atoms with E-state index in [-0.39, 0.29) is 25.4 Å². The summed E-state index contributed by atoms with van der Waals surface area (Å²) >= 11 is 0. The van der Waals surface area contributed by atoms with Crippen molar-refractivity contribution in [3.05, 3.63) is 35.9 Å². The molecule has 0 radical (unpaired) electrons. The smallest absolute Gasteiger partial charge is 0.408 e. The van der Waals surface area contributed by atoms with Crippen molar-refractivity contribution in [2.45, 2.75) is 112 Å². The summed E-state index contributed by atoms with van der Waals surface area (Å²) in [5, 5.41) is 10.5. The second-order valence-electron chi connectivity index (χ2n) is 15.3. The van der Waals surface area contributed by atoms with Crippen molar-refractivity contribution in [3.63, 3.8) is 0 Å². The van der Waals surface area contributed by atoms with E-state index in [1.807, 2.05) is 58.0 Å². The van der Waals surface area contributed by atoms with Gasteiger partial charge in [0.15, 0.2) is 0 Å². The van der Waals surface area contributed by atoms with E-state index in [0.717, 1.165) is 5.56 Å². The normalized spacial score (nSPS) is 17.5. The Morgan fingerprint density at radius 2 is 1.54 bits per heavy atom. The van der Waals surface area contributed by atoms with Crippen LogP contribution < -0.4 is 21.3 Å². The van der Waals surface area contributed by atoms with Crippen LogP contribution in [0.3, 0.4) is 0 Å². The van der Waals surface area contributed by atoms with Crippen molar-refractivity contribution in [2.75, 3.05) is 13.1 Å². The number of likely N-dealkylation sites (tertiary alicyclic amines) is 1. The molecule has 1 aromatic rings. The molecular weight excluding hydrogens is 590 g/mol. The Bertz CT molecular complexity index is 1260. The van der Waals surface area contributed by atoms with E-state index in [4.69, 9.17) is 4.74 Å². The molecule has 3 atom stereocenters. The fourth-order valence-corrected chi connectivity index (χ4v) is 5.21. The van der Waals surface area contributed by atoms with Gasteiger partial charge in [0.1, 0.15) is 17.7 Å². The largest absolute Gasteiger partial charge is 0.444 e. The zero-order valence-electron chi connectivity index (χ0n) is 29.0. The van der Waals surface area contributed by atoms with Gasteiger partial charge < -0.3 is 30.9 Å². The van der Waals surface area contributed by atoms with Gasteiger partial charge in [-0.25, -0.2) is 4.79 Å². The average molecular weight is 644 g/mol. The van der Waals surface area contributed by atoms with Crippen LogP contribution in [0.2, 0.25) is 0 Å². The van der Waals surface area contributed by atoms with Gasteiger partial charge >= 0.3 is 6.09 Å². The van der Waals surface area contributed by atoms with Crippen LogP contribution in [0, 0.1) is 16.7 Å². The average Bonchev–Trinajstić information content (AvgIpc) is 3.26. The minimum absolute atomic E-state index is 0.0581. The molecule has 4 N–H and O–H groups in total. The highest BCUT2D eigenvalue weighted by molar-refractivity contribution is 6.38. The molecule has 5 amide bonds. The zero-order valence-corrected chi connectivity index (χ0v) is 29.0. The minimum Gasteiger partial charge on any atom is -0.444 e. The molecule has 1 aliphatic heterocycles. The summed E-state index contributed by atoms with van der Waals surface area (Å²) in [5.41, 5.74) is -1.05. The third-order valence-corrected chi connectivity index (χ3v) is 7.39. The van der Waals surface area contributed by atoms with Gasteiger partial charge in [-0.15, -0.1) is 0 Å². The highest BCUT2D eigenvalue weighted by atomic mass is 16.6. The maximum atomic E-state index is 14.0. The van der Waals surface area contributed by atoms with Crippen LogP contribution in [0.15, 0.2) is 30.3 Å². The maximum absolute atomic E-state index is 14.0. The van der Waals surface area contributed by atoms with Crippen molar-refractivity contribution in [2.24, 2.45) is 16.7 Å². The summed E-state index contributed by atoms with van der Waals surface area (Å²) < 4.78 is 5.40. The van der Waals surface area contributed by atoms with E-state index in [0.29, 0.717) is 6.42 Å². The van der Waals surface area contributed by atoms with E-state index in [9.17, 15) is 28.8 Å². The number of nitrogens with zero attached hydrogens (tertiary/aromatic N) is 1. The van der Waals surface area contributed by atoms with Crippen LogP contribution in [0.1, 0.15) is 87.6 Å². The molecule has 12 nitrogen and oxygen atoms in total. The second kappa shape index (κ2) is 15.6. The van der Waals surface area contributed by atoms with Gasteiger partial charge in [0, 0.05) is 13.1 Å². The standard InChI is InChI=1S/C34H53N5O7/c1-21(2)16-23(26(41)29(43)36-19-25(40)35-18-22-14-12-11-13-15-22)37-28(42)24-17-34(9,10)20-39(24)30(44)27(32(3,4)5)38-31(45)46-33(6,7)8/h11-15,21,23-24,27H,16-20H2,1-10H3,(H,35,40)(H,36,43)(H,37,42)(H,38,45)/t23?,24-,27-/m0/s1. The molecule has 0 spiro atoms. The quantitative estimate of drug-likeness (QED) is 0.254. The molecule has 46 heavy (non-hydrogen) atoms. The number of ether oxygens (including phenoxy) is 1. The maximum Gasteiger partial charge on any atom is 0.408 e. The molecule has 12 heteroatoms. The molecule has 256 valence electrons. The Labute approximate surface area is 273 Å². The topological polar surface area (TPSA) is 163 Å². The molecule has 1 saturated heterocycles. The van der Waals surface area contributed by atoms with Crippen LogP contribution in [-0.2, 0) is 35.3 Å². The van der Waals surface area contributed by atoms with Gasteiger partial charge in [-0.3, -0.25) is 24.0 Å². The first-order valence-electron chi connectivity index (χ1n) is 15.8. The van der Waals surface area contributed by atoms with Crippen LogP contribution in [0.5, 0.6) is 0 Å². The molecule has 1 fully saturated rings. The number of nitrogens with one attached hydrogen (secondary N) is 4. The molecule has 1 aliphatic rings. The molecule has 0 aromatic heterocycles.